The quantitative estimate of drug-likeness (QED) is 0.716. The van der Waals surface area contributed by atoms with Crippen molar-refractivity contribution >= 4 is 32.5 Å². The second-order valence-electron chi connectivity index (χ2n) is 4.48. The van der Waals surface area contributed by atoms with Crippen LogP contribution in [0.4, 0.5) is 5.69 Å². The van der Waals surface area contributed by atoms with Gasteiger partial charge in [-0.25, -0.2) is 0 Å². The molecule has 106 valence electrons. The minimum Gasteiger partial charge on any atom is -0.497 e. The zero-order chi connectivity index (χ0) is 14.8. The van der Waals surface area contributed by atoms with E-state index in [2.05, 4.69) is 20.9 Å². The Kier molecular flexibility index (Phi) is 3.66. The van der Waals surface area contributed by atoms with Gasteiger partial charge in [-0.15, -0.1) is 0 Å². The molecular formula is C16H13BrN2O2. The fraction of sp³-hybridized carbons (Fsp3) is 0.0625. The second-order valence-corrected chi connectivity index (χ2v) is 5.34. The highest BCUT2D eigenvalue weighted by molar-refractivity contribution is 9.10. The molecule has 0 atom stereocenters. The largest absolute Gasteiger partial charge is 0.497 e. The van der Waals surface area contributed by atoms with Crippen LogP contribution >= 0.6 is 15.9 Å². The standard InChI is InChI=1S/C16H13BrN2O2/c1-20-11-3-5-16(13(17)9-11)21-15-6-7-19-14-8-10(18)2-4-12(14)15/h2-9H,18H2,1H3. The molecule has 0 unspecified atom stereocenters. The normalized spacial score (nSPS) is 10.6. The Labute approximate surface area is 130 Å². The van der Waals surface area contributed by atoms with Gasteiger partial charge in [0.1, 0.15) is 17.2 Å². The SMILES string of the molecule is COc1ccc(Oc2ccnc3cc(N)ccc23)c(Br)c1. The van der Waals surface area contributed by atoms with E-state index in [1.807, 2.05) is 42.5 Å². The summed E-state index contributed by atoms with van der Waals surface area (Å²) in [5, 5.41) is 0.911. The highest BCUT2D eigenvalue weighted by Crippen LogP contribution is 2.35. The molecule has 0 aliphatic heterocycles. The molecule has 2 N–H and O–H groups in total. The minimum absolute atomic E-state index is 0.678. The third-order valence-electron chi connectivity index (χ3n) is 3.09. The Hall–Kier alpha value is -2.27. The van der Waals surface area contributed by atoms with Crippen molar-refractivity contribution in [2.75, 3.05) is 12.8 Å². The van der Waals surface area contributed by atoms with E-state index in [9.17, 15) is 0 Å². The van der Waals surface area contributed by atoms with Crippen LogP contribution in [0.15, 0.2) is 53.1 Å². The minimum atomic E-state index is 0.678. The number of nitrogens with zero attached hydrogens (tertiary/aromatic N) is 1. The molecule has 0 aliphatic rings. The van der Waals surface area contributed by atoms with Gasteiger partial charge in [0.05, 0.1) is 17.1 Å². The van der Waals surface area contributed by atoms with Crippen LogP contribution in [0.25, 0.3) is 10.9 Å². The van der Waals surface area contributed by atoms with Crippen molar-refractivity contribution in [1.29, 1.82) is 0 Å². The number of aromatic nitrogens is 1. The van der Waals surface area contributed by atoms with Crippen LogP contribution in [0.5, 0.6) is 17.2 Å². The summed E-state index contributed by atoms with van der Waals surface area (Å²) in [5.41, 5.74) is 7.26. The molecule has 0 aliphatic carbocycles. The maximum absolute atomic E-state index is 5.98. The second kappa shape index (κ2) is 5.61. The third kappa shape index (κ3) is 2.78. The van der Waals surface area contributed by atoms with Gasteiger partial charge in [-0.2, -0.15) is 0 Å². The number of anilines is 1. The first-order valence-electron chi connectivity index (χ1n) is 6.33. The zero-order valence-corrected chi connectivity index (χ0v) is 12.9. The van der Waals surface area contributed by atoms with E-state index in [0.29, 0.717) is 11.4 Å². The molecule has 0 radical (unpaired) electrons. The lowest BCUT2D eigenvalue weighted by atomic mass is 10.2. The number of nitrogen functional groups attached to an aromatic ring is 1. The molecule has 21 heavy (non-hydrogen) atoms. The smallest absolute Gasteiger partial charge is 0.141 e. The molecule has 0 fully saturated rings. The van der Waals surface area contributed by atoms with Gasteiger partial charge in [0, 0.05) is 17.3 Å². The Morgan fingerprint density at radius 2 is 1.90 bits per heavy atom. The molecular weight excluding hydrogens is 332 g/mol. The lowest BCUT2D eigenvalue weighted by Gasteiger charge is -2.11. The first-order valence-corrected chi connectivity index (χ1v) is 7.12. The van der Waals surface area contributed by atoms with E-state index >= 15 is 0 Å². The molecule has 3 aromatic rings. The molecule has 3 rings (SSSR count). The van der Waals surface area contributed by atoms with E-state index < -0.39 is 0 Å². The molecule has 4 nitrogen and oxygen atoms in total. The van der Waals surface area contributed by atoms with Gasteiger partial charge in [0.2, 0.25) is 0 Å². The molecule has 5 heteroatoms. The molecule has 0 spiro atoms. The molecule has 0 bridgehead atoms. The summed E-state index contributed by atoms with van der Waals surface area (Å²) in [4.78, 5) is 4.30. The van der Waals surface area contributed by atoms with Gasteiger partial charge < -0.3 is 15.2 Å². The summed E-state index contributed by atoms with van der Waals surface area (Å²) in [6.07, 6.45) is 1.70. The first kappa shape index (κ1) is 13.7. The van der Waals surface area contributed by atoms with Crippen molar-refractivity contribution in [3.05, 3.63) is 53.1 Å². The number of nitrogens with two attached hydrogens (primary N) is 1. The van der Waals surface area contributed by atoms with Crippen molar-refractivity contribution in [3.8, 4) is 17.2 Å². The van der Waals surface area contributed by atoms with Crippen molar-refractivity contribution in [2.45, 2.75) is 0 Å². The Balaban J connectivity index is 2.02. The van der Waals surface area contributed by atoms with Crippen LogP contribution in [0.3, 0.4) is 0 Å². The van der Waals surface area contributed by atoms with E-state index in [1.54, 1.807) is 13.3 Å². The van der Waals surface area contributed by atoms with Crippen molar-refractivity contribution in [1.82, 2.24) is 4.98 Å². The number of hydrogen-bond acceptors (Lipinski definition) is 4. The fourth-order valence-corrected chi connectivity index (χ4v) is 2.48. The Bertz CT molecular complexity index is 805. The summed E-state index contributed by atoms with van der Waals surface area (Å²) in [5.74, 6) is 2.20. The Morgan fingerprint density at radius 1 is 1.05 bits per heavy atom. The summed E-state index contributed by atoms with van der Waals surface area (Å²) in [6.45, 7) is 0. The monoisotopic (exact) mass is 344 g/mol. The van der Waals surface area contributed by atoms with Gasteiger partial charge in [-0.05, 0) is 58.4 Å². The summed E-state index contributed by atoms with van der Waals surface area (Å²) in [6, 6.07) is 13.0. The lowest BCUT2D eigenvalue weighted by molar-refractivity contribution is 0.412. The van der Waals surface area contributed by atoms with Crippen LogP contribution in [0, 0.1) is 0 Å². The number of pyridine rings is 1. The predicted molar refractivity (Wildman–Crippen MR) is 86.9 cm³/mol. The Morgan fingerprint density at radius 3 is 2.67 bits per heavy atom. The number of hydrogen-bond donors (Lipinski definition) is 1. The molecule has 0 amide bonds. The number of fused-ring (bicyclic) bond motifs is 1. The van der Waals surface area contributed by atoms with E-state index in [-0.39, 0.29) is 0 Å². The maximum Gasteiger partial charge on any atom is 0.141 e. The van der Waals surface area contributed by atoms with Gasteiger partial charge >= 0.3 is 0 Å². The summed E-state index contributed by atoms with van der Waals surface area (Å²) >= 11 is 3.48. The van der Waals surface area contributed by atoms with E-state index in [4.69, 9.17) is 15.2 Å². The summed E-state index contributed by atoms with van der Waals surface area (Å²) in [7, 11) is 1.63. The van der Waals surface area contributed by atoms with Gasteiger partial charge in [-0.3, -0.25) is 4.98 Å². The topological polar surface area (TPSA) is 57.4 Å². The fourth-order valence-electron chi connectivity index (χ4n) is 2.04. The molecule has 2 aromatic carbocycles. The van der Waals surface area contributed by atoms with Crippen LogP contribution in [-0.4, -0.2) is 12.1 Å². The average Bonchev–Trinajstić information content (AvgIpc) is 2.49. The van der Waals surface area contributed by atoms with Crippen molar-refractivity contribution < 1.29 is 9.47 Å². The number of ether oxygens (including phenoxy) is 2. The predicted octanol–water partition coefficient (Wildman–Crippen LogP) is 4.38. The lowest BCUT2D eigenvalue weighted by Crippen LogP contribution is -1.91. The molecule has 1 aromatic heterocycles. The molecule has 0 saturated carbocycles. The third-order valence-corrected chi connectivity index (χ3v) is 3.71. The first-order chi connectivity index (χ1) is 10.2. The molecule has 0 saturated heterocycles. The number of halogens is 1. The zero-order valence-electron chi connectivity index (χ0n) is 11.3. The number of rotatable bonds is 3. The highest BCUT2D eigenvalue weighted by Gasteiger charge is 2.08. The highest BCUT2D eigenvalue weighted by atomic mass is 79.9. The van der Waals surface area contributed by atoms with E-state index in [0.717, 1.165) is 26.9 Å². The van der Waals surface area contributed by atoms with Crippen LogP contribution < -0.4 is 15.2 Å². The van der Waals surface area contributed by atoms with Crippen LogP contribution in [0.1, 0.15) is 0 Å². The average molecular weight is 345 g/mol. The van der Waals surface area contributed by atoms with E-state index in [1.165, 1.54) is 0 Å². The maximum atomic E-state index is 5.98. The molecule has 1 heterocycles. The number of methoxy groups -OCH3 is 1. The van der Waals surface area contributed by atoms with Gasteiger partial charge in [0.15, 0.2) is 0 Å². The summed E-state index contributed by atoms with van der Waals surface area (Å²) < 4.78 is 12.0. The van der Waals surface area contributed by atoms with Crippen molar-refractivity contribution in [3.63, 3.8) is 0 Å². The van der Waals surface area contributed by atoms with Crippen LogP contribution in [0.2, 0.25) is 0 Å². The van der Waals surface area contributed by atoms with Gasteiger partial charge in [0.25, 0.3) is 0 Å². The van der Waals surface area contributed by atoms with Crippen LogP contribution in [-0.2, 0) is 0 Å². The van der Waals surface area contributed by atoms with Crippen molar-refractivity contribution in [2.24, 2.45) is 0 Å². The number of benzene rings is 2. The van der Waals surface area contributed by atoms with Gasteiger partial charge in [-0.1, -0.05) is 0 Å².